The summed E-state index contributed by atoms with van der Waals surface area (Å²) in [4.78, 5) is 11.5. The molecule has 98 valence electrons. The molecule has 1 unspecified atom stereocenters. The second-order valence-corrected chi connectivity index (χ2v) is 4.49. The summed E-state index contributed by atoms with van der Waals surface area (Å²) in [6.45, 7) is 3.03. The van der Waals surface area contributed by atoms with Crippen molar-refractivity contribution in [2.24, 2.45) is 11.7 Å². The molecule has 1 saturated carbocycles. The van der Waals surface area contributed by atoms with Crippen LogP contribution in [0, 0.1) is 5.92 Å². The largest absolute Gasteiger partial charge is 0.364 e. The molecule has 1 fully saturated rings. The summed E-state index contributed by atoms with van der Waals surface area (Å²) in [5, 5.41) is 13.8. The number of anilines is 1. The van der Waals surface area contributed by atoms with E-state index in [1.807, 2.05) is 6.92 Å². The molecular weight excluding hydrogens is 230 g/mol. The van der Waals surface area contributed by atoms with Gasteiger partial charge in [0.2, 0.25) is 0 Å². The van der Waals surface area contributed by atoms with Crippen LogP contribution in [0.15, 0.2) is 12.1 Å². The summed E-state index contributed by atoms with van der Waals surface area (Å²) in [5.41, 5.74) is 6.04. The molecule has 6 heteroatoms. The molecule has 0 bridgehead atoms. The number of nitrogens with two attached hydrogens (primary N) is 1. The van der Waals surface area contributed by atoms with Crippen molar-refractivity contribution in [2.75, 3.05) is 18.4 Å². The van der Waals surface area contributed by atoms with Crippen molar-refractivity contribution in [1.82, 2.24) is 15.5 Å². The van der Waals surface area contributed by atoms with Crippen LogP contribution in [0.2, 0.25) is 0 Å². The molecule has 0 radical (unpaired) electrons. The van der Waals surface area contributed by atoms with E-state index in [1.165, 1.54) is 12.8 Å². The van der Waals surface area contributed by atoms with E-state index in [0.29, 0.717) is 30.5 Å². The molecule has 1 aromatic heterocycles. The molecule has 6 nitrogen and oxygen atoms in total. The van der Waals surface area contributed by atoms with Gasteiger partial charge < -0.3 is 16.4 Å². The Morgan fingerprint density at radius 3 is 2.78 bits per heavy atom. The normalized spacial score (nSPS) is 16.1. The van der Waals surface area contributed by atoms with Gasteiger partial charge in [0.05, 0.1) is 0 Å². The first-order valence-electron chi connectivity index (χ1n) is 6.33. The molecule has 0 aliphatic heterocycles. The van der Waals surface area contributed by atoms with E-state index in [9.17, 15) is 4.79 Å². The van der Waals surface area contributed by atoms with Crippen LogP contribution in [-0.2, 0) is 0 Å². The van der Waals surface area contributed by atoms with Gasteiger partial charge in [0, 0.05) is 19.1 Å². The predicted molar refractivity (Wildman–Crippen MR) is 69.2 cm³/mol. The van der Waals surface area contributed by atoms with Crippen molar-refractivity contribution >= 4 is 11.7 Å². The lowest BCUT2D eigenvalue weighted by Gasteiger charge is -2.16. The van der Waals surface area contributed by atoms with Crippen LogP contribution < -0.4 is 16.4 Å². The highest BCUT2D eigenvalue weighted by molar-refractivity contribution is 5.92. The Labute approximate surface area is 106 Å². The maximum Gasteiger partial charge on any atom is 0.271 e. The fraction of sp³-hybridized carbons (Fsp3) is 0.583. The summed E-state index contributed by atoms with van der Waals surface area (Å²) in [5.74, 6) is 1.12. The molecule has 0 spiro atoms. The van der Waals surface area contributed by atoms with Crippen molar-refractivity contribution in [3.05, 3.63) is 17.8 Å². The number of amides is 1. The molecule has 4 N–H and O–H groups in total. The Morgan fingerprint density at radius 1 is 1.50 bits per heavy atom. The van der Waals surface area contributed by atoms with E-state index < -0.39 is 0 Å². The lowest BCUT2D eigenvalue weighted by molar-refractivity contribution is 0.0950. The van der Waals surface area contributed by atoms with E-state index in [1.54, 1.807) is 12.1 Å². The summed E-state index contributed by atoms with van der Waals surface area (Å²) in [7, 11) is 0. The van der Waals surface area contributed by atoms with Crippen molar-refractivity contribution in [3.8, 4) is 0 Å². The Hall–Kier alpha value is -1.69. The summed E-state index contributed by atoms with van der Waals surface area (Å²) >= 11 is 0. The van der Waals surface area contributed by atoms with Gasteiger partial charge in [0.15, 0.2) is 5.69 Å². The fourth-order valence-electron chi connectivity index (χ4n) is 1.84. The Bertz CT molecular complexity index is 401. The summed E-state index contributed by atoms with van der Waals surface area (Å²) < 4.78 is 0. The summed E-state index contributed by atoms with van der Waals surface area (Å²) in [6.07, 6.45) is 2.44. The van der Waals surface area contributed by atoms with Crippen molar-refractivity contribution in [1.29, 1.82) is 0 Å². The van der Waals surface area contributed by atoms with Crippen LogP contribution in [0.5, 0.6) is 0 Å². The molecule has 0 aromatic carbocycles. The minimum Gasteiger partial charge on any atom is -0.364 e. The molecule has 1 heterocycles. The standard InChI is InChI=1S/C12H19N5O/c1-2-14-12(18)9-5-6-11(17-16-9)15-10(7-13)8-3-4-8/h5-6,8,10H,2-4,7,13H2,1H3,(H,14,18)(H,15,17). The molecular formula is C12H19N5O. The molecule has 1 atom stereocenters. The first-order chi connectivity index (χ1) is 8.74. The third-order valence-electron chi connectivity index (χ3n) is 3.01. The van der Waals surface area contributed by atoms with Gasteiger partial charge in [-0.25, -0.2) is 0 Å². The maximum absolute atomic E-state index is 11.5. The molecule has 1 aliphatic carbocycles. The first kappa shape index (κ1) is 12.8. The predicted octanol–water partition coefficient (Wildman–Crippen LogP) is 0.375. The highest BCUT2D eigenvalue weighted by Crippen LogP contribution is 2.33. The second kappa shape index (κ2) is 5.77. The van der Waals surface area contributed by atoms with E-state index >= 15 is 0 Å². The van der Waals surface area contributed by atoms with Crippen molar-refractivity contribution in [2.45, 2.75) is 25.8 Å². The average Bonchev–Trinajstić information content (AvgIpc) is 3.21. The van der Waals surface area contributed by atoms with E-state index in [0.717, 1.165) is 0 Å². The van der Waals surface area contributed by atoms with Crippen LogP contribution in [0.4, 0.5) is 5.82 Å². The monoisotopic (exact) mass is 249 g/mol. The topological polar surface area (TPSA) is 92.9 Å². The Balaban J connectivity index is 1.96. The van der Waals surface area contributed by atoms with E-state index in [-0.39, 0.29) is 11.9 Å². The van der Waals surface area contributed by atoms with Gasteiger partial charge in [0.1, 0.15) is 5.82 Å². The highest BCUT2D eigenvalue weighted by atomic mass is 16.1. The van der Waals surface area contributed by atoms with Crippen LogP contribution in [0.25, 0.3) is 0 Å². The third kappa shape index (κ3) is 3.16. The number of nitrogens with one attached hydrogen (secondary N) is 2. The highest BCUT2D eigenvalue weighted by Gasteiger charge is 2.30. The minimum atomic E-state index is -0.200. The van der Waals surface area contributed by atoms with Gasteiger partial charge in [-0.2, -0.15) is 0 Å². The Kier molecular flexibility index (Phi) is 4.09. The number of hydrogen-bond donors (Lipinski definition) is 3. The number of aromatic nitrogens is 2. The van der Waals surface area contributed by atoms with Crippen LogP contribution in [-0.4, -0.2) is 35.2 Å². The number of carbonyl (C=O) groups excluding carboxylic acids is 1. The quantitative estimate of drug-likeness (QED) is 0.677. The summed E-state index contributed by atoms with van der Waals surface area (Å²) in [6, 6.07) is 3.69. The molecule has 18 heavy (non-hydrogen) atoms. The lowest BCUT2D eigenvalue weighted by atomic mass is 10.2. The van der Waals surface area contributed by atoms with Crippen molar-refractivity contribution < 1.29 is 4.79 Å². The molecule has 1 aromatic rings. The van der Waals surface area contributed by atoms with Crippen LogP contribution in [0.3, 0.4) is 0 Å². The smallest absolute Gasteiger partial charge is 0.271 e. The maximum atomic E-state index is 11.5. The van der Waals surface area contributed by atoms with Gasteiger partial charge in [-0.3, -0.25) is 4.79 Å². The number of hydrogen-bond acceptors (Lipinski definition) is 5. The molecule has 1 aliphatic rings. The SMILES string of the molecule is CCNC(=O)c1ccc(NC(CN)C2CC2)nn1. The van der Waals surface area contributed by atoms with Gasteiger partial charge in [0.25, 0.3) is 5.91 Å². The number of nitrogens with zero attached hydrogens (tertiary/aromatic N) is 2. The van der Waals surface area contributed by atoms with Crippen LogP contribution >= 0.6 is 0 Å². The van der Waals surface area contributed by atoms with Gasteiger partial charge in [-0.05, 0) is 37.8 Å². The zero-order valence-corrected chi connectivity index (χ0v) is 10.5. The first-order valence-corrected chi connectivity index (χ1v) is 6.33. The Morgan fingerprint density at radius 2 is 2.28 bits per heavy atom. The van der Waals surface area contributed by atoms with E-state index in [4.69, 9.17) is 5.73 Å². The number of carbonyl (C=O) groups is 1. The van der Waals surface area contributed by atoms with Crippen molar-refractivity contribution in [3.63, 3.8) is 0 Å². The van der Waals surface area contributed by atoms with E-state index in [2.05, 4.69) is 20.8 Å². The molecule has 0 saturated heterocycles. The minimum absolute atomic E-state index is 0.200. The zero-order valence-electron chi connectivity index (χ0n) is 10.5. The lowest BCUT2D eigenvalue weighted by Crippen LogP contribution is -2.31. The van der Waals surface area contributed by atoms with Crippen LogP contribution in [0.1, 0.15) is 30.3 Å². The average molecular weight is 249 g/mol. The fourth-order valence-corrected chi connectivity index (χ4v) is 1.84. The van der Waals surface area contributed by atoms with Gasteiger partial charge >= 0.3 is 0 Å². The zero-order chi connectivity index (χ0) is 13.0. The third-order valence-corrected chi connectivity index (χ3v) is 3.01. The number of rotatable bonds is 6. The molecule has 2 rings (SSSR count). The molecule has 1 amide bonds. The second-order valence-electron chi connectivity index (χ2n) is 4.49. The van der Waals surface area contributed by atoms with Gasteiger partial charge in [-0.15, -0.1) is 10.2 Å². The van der Waals surface area contributed by atoms with Gasteiger partial charge in [-0.1, -0.05) is 0 Å².